The van der Waals surface area contributed by atoms with E-state index in [-0.39, 0.29) is 18.1 Å². The zero-order chi connectivity index (χ0) is 16.3. The zero-order valence-electron chi connectivity index (χ0n) is 13.7. The molecule has 7 heteroatoms. The minimum Gasteiger partial charge on any atom is -0.444 e. The Bertz CT molecular complexity index is 558. The van der Waals surface area contributed by atoms with Crippen LogP contribution in [0.25, 0.3) is 0 Å². The van der Waals surface area contributed by atoms with Crippen LogP contribution in [0.2, 0.25) is 0 Å². The Morgan fingerprint density at radius 3 is 2.68 bits per heavy atom. The third kappa shape index (κ3) is 4.35. The number of H-pyrrole nitrogens is 1. The van der Waals surface area contributed by atoms with E-state index in [1.165, 1.54) is 0 Å². The molecular weight excluding hydrogens is 286 g/mol. The van der Waals surface area contributed by atoms with Gasteiger partial charge in [0.2, 0.25) is 0 Å². The number of carbonyl (C=O) groups excluding carboxylic acids is 1. The lowest BCUT2D eigenvalue weighted by molar-refractivity contribution is 0.0114. The van der Waals surface area contributed by atoms with E-state index in [4.69, 9.17) is 4.74 Å². The van der Waals surface area contributed by atoms with Crippen molar-refractivity contribution in [3.63, 3.8) is 0 Å². The van der Waals surface area contributed by atoms with Crippen LogP contribution in [-0.4, -0.2) is 39.8 Å². The first-order chi connectivity index (χ1) is 10.3. The smallest absolute Gasteiger partial charge is 0.438 e. The molecule has 1 aliphatic carbocycles. The number of ether oxygens (including phenoxy) is 1. The molecule has 7 nitrogen and oxygen atoms in total. The molecule has 1 aliphatic rings. The van der Waals surface area contributed by atoms with Crippen molar-refractivity contribution in [1.29, 1.82) is 0 Å². The van der Waals surface area contributed by atoms with E-state index in [1.807, 2.05) is 20.8 Å². The van der Waals surface area contributed by atoms with Crippen LogP contribution >= 0.6 is 0 Å². The molecule has 1 heterocycles. The highest BCUT2D eigenvalue weighted by Gasteiger charge is 2.33. The first kappa shape index (κ1) is 16.6. The number of nitrogens with one attached hydrogen (secondary N) is 1. The SMILES string of the molecule is CN(C(=O)OC(C)(C)C)C1CCCCC1Cc1noc(=O)[nH]1. The highest BCUT2D eigenvalue weighted by Crippen LogP contribution is 2.30. The van der Waals surface area contributed by atoms with Gasteiger partial charge in [0.1, 0.15) is 5.60 Å². The van der Waals surface area contributed by atoms with Crippen molar-refractivity contribution in [3.05, 3.63) is 16.4 Å². The number of amides is 1. The van der Waals surface area contributed by atoms with E-state index < -0.39 is 11.4 Å². The van der Waals surface area contributed by atoms with Crippen molar-refractivity contribution in [3.8, 4) is 0 Å². The van der Waals surface area contributed by atoms with E-state index in [0.29, 0.717) is 12.2 Å². The fourth-order valence-electron chi connectivity index (χ4n) is 3.00. The topological polar surface area (TPSA) is 88.4 Å². The van der Waals surface area contributed by atoms with Crippen LogP contribution in [0.4, 0.5) is 4.79 Å². The summed E-state index contributed by atoms with van der Waals surface area (Å²) in [5.41, 5.74) is -0.507. The number of aromatic nitrogens is 2. The number of nitrogens with zero attached hydrogens (tertiary/aromatic N) is 2. The second kappa shape index (κ2) is 6.54. The highest BCUT2D eigenvalue weighted by molar-refractivity contribution is 5.68. The van der Waals surface area contributed by atoms with Gasteiger partial charge in [-0.15, -0.1) is 0 Å². The van der Waals surface area contributed by atoms with Crippen LogP contribution in [0, 0.1) is 5.92 Å². The van der Waals surface area contributed by atoms with Gasteiger partial charge in [-0.05, 0) is 39.5 Å². The minimum absolute atomic E-state index is 0.0869. The molecule has 0 spiro atoms. The van der Waals surface area contributed by atoms with Crippen LogP contribution in [0.1, 0.15) is 52.3 Å². The van der Waals surface area contributed by atoms with Gasteiger partial charge in [-0.3, -0.25) is 9.51 Å². The molecule has 2 rings (SSSR count). The van der Waals surface area contributed by atoms with E-state index >= 15 is 0 Å². The first-order valence-corrected chi connectivity index (χ1v) is 7.77. The predicted molar refractivity (Wildman–Crippen MR) is 80.6 cm³/mol. The van der Waals surface area contributed by atoms with Crippen LogP contribution in [0.15, 0.2) is 9.32 Å². The summed E-state index contributed by atoms with van der Waals surface area (Å²) >= 11 is 0. The van der Waals surface area contributed by atoms with Gasteiger partial charge in [-0.25, -0.2) is 9.59 Å². The maximum Gasteiger partial charge on any atom is 0.438 e. The summed E-state index contributed by atoms with van der Waals surface area (Å²) in [5, 5.41) is 3.73. The fraction of sp³-hybridized carbons (Fsp3) is 0.800. The van der Waals surface area contributed by atoms with Gasteiger partial charge in [-0.2, -0.15) is 0 Å². The Morgan fingerprint density at radius 1 is 1.41 bits per heavy atom. The van der Waals surface area contributed by atoms with Crippen LogP contribution in [0.5, 0.6) is 0 Å². The Balaban J connectivity index is 2.05. The van der Waals surface area contributed by atoms with Crippen LogP contribution < -0.4 is 5.76 Å². The van der Waals surface area contributed by atoms with E-state index in [9.17, 15) is 9.59 Å². The van der Waals surface area contributed by atoms with Crippen molar-refractivity contribution >= 4 is 6.09 Å². The molecule has 2 atom stereocenters. The van der Waals surface area contributed by atoms with Gasteiger partial charge in [0.25, 0.3) is 0 Å². The Labute approximate surface area is 130 Å². The van der Waals surface area contributed by atoms with Crippen molar-refractivity contribution < 1.29 is 14.1 Å². The zero-order valence-corrected chi connectivity index (χ0v) is 13.7. The van der Waals surface area contributed by atoms with E-state index in [1.54, 1.807) is 11.9 Å². The highest BCUT2D eigenvalue weighted by atomic mass is 16.6. The second-order valence-corrected chi connectivity index (χ2v) is 6.95. The molecule has 0 aromatic carbocycles. The number of hydrogen-bond donors (Lipinski definition) is 1. The number of carbonyl (C=O) groups is 1. The molecule has 1 fully saturated rings. The van der Waals surface area contributed by atoms with Gasteiger partial charge in [0.05, 0.1) is 0 Å². The summed E-state index contributed by atoms with van der Waals surface area (Å²) in [7, 11) is 1.78. The average Bonchev–Trinajstić information content (AvgIpc) is 2.82. The van der Waals surface area contributed by atoms with Crippen molar-refractivity contribution in [1.82, 2.24) is 15.0 Å². The molecule has 0 aliphatic heterocycles. The minimum atomic E-state index is -0.539. The molecule has 0 saturated heterocycles. The third-order valence-corrected chi connectivity index (χ3v) is 3.99. The van der Waals surface area contributed by atoms with Crippen LogP contribution in [-0.2, 0) is 11.2 Å². The lowest BCUT2D eigenvalue weighted by Crippen LogP contribution is -2.46. The standard InChI is InChI=1S/C15H25N3O4/c1-15(2,3)21-14(20)18(4)11-8-6-5-7-10(11)9-12-16-13(19)22-17-12/h10-11H,5-9H2,1-4H3,(H,16,17,19). The van der Waals surface area contributed by atoms with Crippen molar-refractivity contribution in [2.75, 3.05) is 7.05 Å². The van der Waals surface area contributed by atoms with Gasteiger partial charge in [0, 0.05) is 19.5 Å². The molecule has 1 saturated carbocycles. The normalized spacial score (nSPS) is 22.4. The number of hydrogen-bond acceptors (Lipinski definition) is 5. The molecule has 22 heavy (non-hydrogen) atoms. The fourth-order valence-corrected chi connectivity index (χ4v) is 3.00. The van der Waals surface area contributed by atoms with E-state index in [2.05, 4.69) is 14.7 Å². The molecule has 0 radical (unpaired) electrons. The van der Waals surface area contributed by atoms with Gasteiger partial charge in [-0.1, -0.05) is 18.0 Å². The lowest BCUT2D eigenvalue weighted by atomic mass is 9.81. The Hall–Kier alpha value is -1.79. The molecule has 124 valence electrons. The maximum absolute atomic E-state index is 12.3. The van der Waals surface area contributed by atoms with Crippen molar-refractivity contribution in [2.24, 2.45) is 5.92 Å². The van der Waals surface area contributed by atoms with E-state index in [0.717, 1.165) is 25.7 Å². The summed E-state index contributed by atoms with van der Waals surface area (Å²) in [6.07, 6.45) is 4.42. The van der Waals surface area contributed by atoms with Crippen LogP contribution in [0.3, 0.4) is 0 Å². The molecule has 1 aromatic rings. The largest absolute Gasteiger partial charge is 0.444 e. The summed E-state index contributed by atoms with van der Waals surface area (Å²) in [4.78, 5) is 27.6. The quantitative estimate of drug-likeness (QED) is 0.925. The second-order valence-electron chi connectivity index (χ2n) is 6.95. The number of rotatable bonds is 3. The summed E-state index contributed by atoms with van der Waals surface area (Å²) in [5.74, 6) is 0.245. The molecule has 1 amide bonds. The average molecular weight is 311 g/mol. The molecule has 1 aromatic heterocycles. The first-order valence-electron chi connectivity index (χ1n) is 7.77. The summed E-state index contributed by atoms with van der Waals surface area (Å²) in [6.45, 7) is 5.58. The van der Waals surface area contributed by atoms with Gasteiger partial charge < -0.3 is 9.64 Å². The molecule has 0 bridgehead atoms. The third-order valence-electron chi connectivity index (χ3n) is 3.99. The van der Waals surface area contributed by atoms with Gasteiger partial charge >= 0.3 is 11.8 Å². The number of aromatic amines is 1. The molecule has 1 N–H and O–H groups in total. The maximum atomic E-state index is 12.3. The Kier molecular flexibility index (Phi) is 4.93. The molecule has 2 unspecified atom stereocenters. The molecular formula is C15H25N3O4. The summed E-state index contributed by atoms with van der Waals surface area (Å²) in [6, 6.07) is 0.0869. The lowest BCUT2D eigenvalue weighted by Gasteiger charge is -2.38. The Morgan fingerprint density at radius 2 is 2.09 bits per heavy atom. The van der Waals surface area contributed by atoms with Gasteiger partial charge in [0.15, 0.2) is 5.82 Å². The monoisotopic (exact) mass is 311 g/mol. The van der Waals surface area contributed by atoms with Crippen molar-refractivity contribution in [2.45, 2.75) is 64.5 Å². The summed E-state index contributed by atoms with van der Waals surface area (Å²) < 4.78 is 10.00. The predicted octanol–water partition coefficient (Wildman–Crippen LogP) is 2.33.